The molecule has 0 aliphatic heterocycles. The van der Waals surface area contributed by atoms with Gasteiger partial charge in [-0.2, -0.15) is 0 Å². The lowest BCUT2D eigenvalue weighted by molar-refractivity contribution is -0.274. The van der Waals surface area contributed by atoms with Gasteiger partial charge < -0.3 is 4.74 Å². The van der Waals surface area contributed by atoms with Crippen LogP contribution in [0.25, 0.3) is 0 Å². The van der Waals surface area contributed by atoms with E-state index in [1.807, 2.05) is 0 Å². The number of rotatable bonds is 4. The highest BCUT2D eigenvalue weighted by molar-refractivity contribution is 6.27. The lowest BCUT2D eigenvalue weighted by Crippen LogP contribution is -2.17. The highest BCUT2D eigenvalue weighted by atomic mass is 35.5. The fourth-order valence-corrected chi connectivity index (χ4v) is 1.42. The first-order chi connectivity index (χ1) is 7.81. The Balaban J connectivity index is 2.83. The maximum absolute atomic E-state index is 11.9. The van der Waals surface area contributed by atoms with Gasteiger partial charge in [-0.25, -0.2) is 0 Å². The van der Waals surface area contributed by atoms with Crippen molar-refractivity contribution in [3.8, 4) is 5.75 Å². The number of hydrogen-bond donors (Lipinski definition) is 0. The molecule has 17 heavy (non-hydrogen) atoms. The minimum atomic E-state index is -4.71. The standard InChI is InChI=1S/C11H10ClF3O2/c1-7-4-10(17-11(13,14)15)3-2-8(7)5-9(16)6-12/h2-4H,5-6H2,1H3. The quantitative estimate of drug-likeness (QED) is 0.782. The first kappa shape index (κ1) is 13.8. The van der Waals surface area contributed by atoms with Crippen molar-refractivity contribution < 1.29 is 22.7 Å². The van der Waals surface area contributed by atoms with E-state index in [4.69, 9.17) is 11.6 Å². The van der Waals surface area contributed by atoms with Crippen LogP contribution in [0.3, 0.4) is 0 Å². The molecule has 6 heteroatoms. The van der Waals surface area contributed by atoms with Gasteiger partial charge in [0.25, 0.3) is 0 Å². The molecule has 0 fully saturated rings. The summed E-state index contributed by atoms with van der Waals surface area (Å²) >= 11 is 5.35. The fraction of sp³-hybridized carbons (Fsp3) is 0.364. The second kappa shape index (κ2) is 5.40. The Kier molecular flexibility index (Phi) is 4.40. The summed E-state index contributed by atoms with van der Waals surface area (Å²) in [5.74, 6) is -0.586. The third kappa shape index (κ3) is 4.65. The molecule has 94 valence electrons. The zero-order valence-electron chi connectivity index (χ0n) is 8.97. The number of ketones is 1. The molecule has 1 aromatic rings. The summed E-state index contributed by atoms with van der Waals surface area (Å²) in [5, 5.41) is 0. The first-order valence-corrected chi connectivity index (χ1v) is 5.28. The van der Waals surface area contributed by atoms with Crippen LogP contribution in [0.15, 0.2) is 18.2 Å². The number of hydrogen-bond acceptors (Lipinski definition) is 2. The number of carbonyl (C=O) groups is 1. The van der Waals surface area contributed by atoms with Crippen molar-refractivity contribution in [2.45, 2.75) is 19.7 Å². The summed E-state index contributed by atoms with van der Waals surface area (Å²) in [7, 11) is 0. The van der Waals surface area contributed by atoms with E-state index >= 15 is 0 Å². The Labute approximate surface area is 101 Å². The average molecular weight is 267 g/mol. The minimum absolute atomic E-state index is 0.111. The number of ether oxygens (including phenoxy) is 1. The maximum Gasteiger partial charge on any atom is 0.573 e. The smallest absolute Gasteiger partial charge is 0.406 e. The molecule has 1 rings (SSSR count). The maximum atomic E-state index is 11.9. The van der Waals surface area contributed by atoms with Gasteiger partial charge in [0.2, 0.25) is 0 Å². The summed E-state index contributed by atoms with van der Waals surface area (Å²) in [6.07, 6.45) is -4.60. The third-order valence-electron chi connectivity index (χ3n) is 2.08. The van der Waals surface area contributed by atoms with E-state index in [9.17, 15) is 18.0 Å². The van der Waals surface area contributed by atoms with Gasteiger partial charge in [-0.05, 0) is 30.2 Å². The molecule has 0 N–H and O–H groups in total. The van der Waals surface area contributed by atoms with Crippen LogP contribution >= 0.6 is 11.6 Å². The molecule has 2 nitrogen and oxygen atoms in total. The number of Topliss-reactive ketones (excluding diaryl/α,β-unsaturated/α-hetero) is 1. The van der Waals surface area contributed by atoms with Crippen LogP contribution in [0.1, 0.15) is 11.1 Å². The van der Waals surface area contributed by atoms with Crippen molar-refractivity contribution >= 4 is 17.4 Å². The second-order valence-corrected chi connectivity index (χ2v) is 3.75. The van der Waals surface area contributed by atoms with Crippen molar-refractivity contribution in [2.75, 3.05) is 5.88 Å². The Bertz CT molecular complexity index is 416. The number of alkyl halides is 4. The van der Waals surface area contributed by atoms with Crippen LogP contribution in [0, 0.1) is 6.92 Å². The largest absolute Gasteiger partial charge is 0.573 e. The van der Waals surface area contributed by atoms with Crippen LogP contribution in [0.4, 0.5) is 13.2 Å². The first-order valence-electron chi connectivity index (χ1n) is 4.75. The van der Waals surface area contributed by atoms with Gasteiger partial charge in [0.15, 0.2) is 5.78 Å². The molecule has 0 saturated heterocycles. The number of aryl methyl sites for hydroxylation is 1. The molecule has 0 atom stereocenters. The Hall–Kier alpha value is -1.23. The predicted molar refractivity (Wildman–Crippen MR) is 57.3 cm³/mol. The average Bonchev–Trinajstić information content (AvgIpc) is 2.19. The Morgan fingerprint density at radius 1 is 1.41 bits per heavy atom. The van der Waals surface area contributed by atoms with Gasteiger partial charge in [0, 0.05) is 6.42 Å². The number of halogens is 4. The Morgan fingerprint density at radius 3 is 2.53 bits per heavy atom. The molecule has 0 aliphatic rings. The number of benzene rings is 1. The molecule has 0 bridgehead atoms. The van der Waals surface area contributed by atoms with E-state index in [0.717, 1.165) is 0 Å². The lowest BCUT2D eigenvalue weighted by Gasteiger charge is -2.11. The molecule has 0 aliphatic carbocycles. The SMILES string of the molecule is Cc1cc(OC(F)(F)F)ccc1CC(=O)CCl. The zero-order chi connectivity index (χ0) is 13.1. The van der Waals surface area contributed by atoms with E-state index in [2.05, 4.69) is 4.74 Å². The van der Waals surface area contributed by atoms with Crippen LogP contribution in [0.5, 0.6) is 5.75 Å². The number of carbonyl (C=O) groups excluding carboxylic acids is 1. The van der Waals surface area contributed by atoms with E-state index in [-0.39, 0.29) is 23.8 Å². The fourth-order valence-electron chi connectivity index (χ4n) is 1.32. The summed E-state index contributed by atoms with van der Waals surface area (Å²) in [4.78, 5) is 11.1. The molecule has 0 aromatic heterocycles. The van der Waals surface area contributed by atoms with Gasteiger partial charge in [0.05, 0.1) is 5.88 Å². The zero-order valence-corrected chi connectivity index (χ0v) is 9.73. The third-order valence-corrected chi connectivity index (χ3v) is 2.38. The van der Waals surface area contributed by atoms with E-state index in [1.165, 1.54) is 18.2 Å². The molecule has 0 unspecified atom stereocenters. The molecular formula is C11H10ClF3O2. The van der Waals surface area contributed by atoms with Gasteiger partial charge >= 0.3 is 6.36 Å². The molecular weight excluding hydrogens is 257 g/mol. The van der Waals surface area contributed by atoms with Crippen molar-refractivity contribution in [3.05, 3.63) is 29.3 Å². The van der Waals surface area contributed by atoms with Crippen LogP contribution in [0.2, 0.25) is 0 Å². The molecule has 0 heterocycles. The van der Waals surface area contributed by atoms with Crippen LogP contribution < -0.4 is 4.74 Å². The summed E-state index contributed by atoms with van der Waals surface area (Å²) in [5.41, 5.74) is 1.20. The predicted octanol–water partition coefficient (Wildman–Crippen LogP) is 3.24. The van der Waals surface area contributed by atoms with Crippen LogP contribution in [-0.4, -0.2) is 18.0 Å². The summed E-state index contributed by atoms with van der Waals surface area (Å²) < 4.78 is 39.6. The highest BCUT2D eigenvalue weighted by Gasteiger charge is 2.31. The van der Waals surface area contributed by atoms with Gasteiger partial charge in [-0.15, -0.1) is 24.8 Å². The highest BCUT2D eigenvalue weighted by Crippen LogP contribution is 2.25. The summed E-state index contributed by atoms with van der Waals surface area (Å²) in [6.45, 7) is 1.61. The van der Waals surface area contributed by atoms with Gasteiger partial charge in [-0.1, -0.05) is 6.07 Å². The molecule has 1 aromatic carbocycles. The van der Waals surface area contributed by atoms with E-state index in [0.29, 0.717) is 11.1 Å². The van der Waals surface area contributed by atoms with Gasteiger partial charge in [0.1, 0.15) is 5.75 Å². The summed E-state index contributed by atoms with van der Waals surface area (Å²) in [6, 6.07) is 3.85. The lowest BCUT2D eigenvalue weighted by atomic mass is 10.0. The van der Waals surface area contributed by atoms with Crippen molar-refractivity contribution in [1.82, 2.24) is 0 Å². The van der Waals surface area contributed by atoms with E-state index in [1.54, 1.807) is 6.92 Å². The second-order valence-electron chi connectivity index (χ2n) is 3.49. The van der Waals surface area contributed by atoms with E-state index < -0.39 is 6.36 Å². The van der Waals surface area contributed by atoms with Crippen molar-refractivity contribution in [1.29, 1.82) is 0 Å². The molecule has 0 spiro atoms. The molecule has 0 amide bonds. The minimum Gasteiger partial charge on any atom is -0.406 e. The van der Waals surface area contributed by atoms with Crippen LogP contribution in [-0.2, 0) is 11.2 Å². The van der Waals surface area contributed by atoms with Gasteiger partial charge in [-0.3, -0.25) is 4.79 Å². The molecule has 0 saturated carbocycles. The molecule has 0 radical (unpaired) electrons. The topological polar surface area (TPSA) is 26.3 Å². The monoisotopic (exact) mass is 266 g/mol. The van der Waals surface area contributed by atoms with Crippen molar-refractivity contribution in [3.63, 3.8) is 0 Å². The Morgan fingerprint density at radius 2 is 2.06 bits per heavy atom. The normalized spacial score (nSPS) is 11.4. The van der Waals surface area contributed by atoms with Crippen molar-refractivity contribution in [2.24, 2.45) is 0 Å².